The molecule has 2 rings (SSSR count). The molecule has 0 aliphatic rings. The molecule has 0 aliphatic carbocycles. The lowest BCUT2D eigenvalue weighted by molar-refractivity contribution is 0.416. The first-order valence-corrected chi connectivity index (χ1v) is 6.54. The molecular formula is C15H16ClFN2O. The average Bonchev–Trinajstić information content (AvgIpc) is 2.41. The normalized spacial score (nSPS) is 12.0. The van der Waals surface area contributed by atoms with Gasteiger partial charge in [-0.3, -0.25) is 0 Å². The first-order chi connectivity index (χ1) is 9.51. The molecular weight excluding hydrogens is 279 g/mol. The molecule has 0 amide bonds. The van der Waals surface area contributed by atoms with Gasteiger partial charge in [0.05, 0.1) is 18.5 Å². The summed E-state index contributed by atoms with van der Waals surface area (Å²) in [6, 6.07) is 10.1. The van der Waals surface area contributed by atoms with Gasteiger partial charge in [0.25, 0.3) is 0 Å². The standard InChI is InChI=1S/C15H16ClFN2O/c1-9(10-4-3-5-11(16)6-10)19-14-8-15(20-2)13(18)7-12(14)17/h3-9,19H,18H2,1-2H3. The SMILES string of the molecule is COc1cc(NC(C)c2cccc(Cl)c2)c(F)cc1N. The summed E-state index contributed by atoms with van der Waals surface area (Å²) < 4.78 is 19.0. The van der Waals surface area contributed by atoms with Gasteiger partial charge in [-0.1, -0.05) is 23.7 Å². The average molecular weight is 295 g/mol. The molecule has 106 valence electrons. The van der Waals surface area contributed by atoms with Crippen LogP contribution >= 0.6 is 11.6 Å². The summed E-state index contributed by atoms with van der Waals surface area (Å²) in [5.74, 6) is 0.0179. The lowest BCUT2D eigenvalue weighted by Gasteiger charge is -2.18. The van der Waals surface area contributed by atoms with E-state index in [-0.39, 0.29) is 11.7 Å². The number of methoxy groups -OCH3 is 1. The van der Waals surface area contributed by atoms with Crippen molar-refractivity contribution in [2.45, 2.75) is 13.0 Å². The monoisotopic (exact) mass is 294 g/mol. The lowest BCUT2D eigenvalue weighted by atomic mass is 10.1. The molecule has 0 saturated heterocycles. The number of nitrogens with two attached hydrogens (primary N) is 1. The summed E-state index contributed by atoms with van der Waals surface area (Å²) in [6.45, 7) is 1.92. The van der Waals surface area contributed by atoms with Crippen LogP contribution in [0.3, 0.4) is 0 Å². The summed E-state index contributed by atoms with van der Waals surface area (Å²) in [5, 5.41) is 3.73. The number of anilines is 2. The fourth-order valence-electron chi connectivity index (χ4n) is 1.95. The third-order valence-corrected chi connectivity index (χ3v) is 3.28. The maximum absolute atomic E-state index is 13.9. The molecule has 0 aliphatic heterocycles. The van der Waals surface area contributed by atoms with Gasteiger partial charge in [-0.2, -0.15) is 0 Å². The number of benzene rings is 2. The summed E-state index contributed by atoms with van der Waals surface area (Å²) >= 11 is 5.95. The summed E-state index contributed by atoms with van der Waals surface area (Å²) in [6.07, 6.45) is 0. The van der Waals surface area contributed by atoms with Gasteiger partial charge >= 0.3 is 0 Å². The first kappa shape index (κ1) is 14.5. The van der Waals surface area contributed by atoms with Crippen molar-refractivity contribution in [2.24, 2.45) is 0 Å². The molecule has 0 bridgehead atoms. The van der Waals surface area contributed by atoms with Crippen LogP contribution in [-0.2, 0) is 0 Å². The topological polar surface area (TPSA) is 47.3 Å². The van der Waals surface area contributed by atoms with Gasteiger partial charge < -0.3 is 15.8 Å². The van der Waals surface area contributed by atoms with Gasteiger partial charge in [0, 0.05) is 23.2 Å². The minimum Gasteiger partial charge on any atom is -0.495 e. The van der Waals surface area contributed by atoms with E-state index >= 15 is 0 Å². The Labute approximate surface area is 122 Å². The van der Waals surface area contributed by atoms with E-state index in [2.05, 4.69) is 5.32 Å². The zero-order chi connectivity index (χ0) is 14.7. The van der Waals surface area contributed by atoms with E-state index in [1.54, 1.807) is 12.1 Å². The zero-order valence-electron chi connectivity index (χ0n) is 11.3. The number of hydrogen-bond donors (Lipinski definition) is 2. The van der Waals surface area contributed by atoms with E-state index in [0.717, 1.165) is 5.56 Å². The van der Waals surface area contributed by atoms with Crippen molar-refractivity contribution in [1.29, 1.82) is 0 Å². The van der Waals surface area contributed by atoms with Crippen molar-refractivity contribution in [2.75, 3.05) is 18.2 Å². The lowest BCUT2D eigenvalue weighted by Crippen LogP contribution is -2.08. The molecule has 0 aromatic heterocycles. The third-order valence-electron chi connectivity index (χ3n) is 3.04. The van der Waals surface area contributed by atoms with E-state index in [9.17, 15) is 4.39 Å². The van der Waals surface area contributed by atoms with Crippen LogP contribution in [0.1, 0.15) is 18.5 Å². The molecule has 5 heteroatoms. The number of ether oxygens (including phenoxy) is 1. The van der Waals surface area contributed by atoms with Crippen LogP contribution in [0.2, 0.25) is 5.02 Å². The van der Waals surface area contributed by atoms with Crippen LogP contribution in [0.4, 0.5) is 15.8 Å². The Morgan fingerprint density at radius 2 is 2.05 bits per heavy atom. The molecule has 0 spiro atoms. The van der Waals surface area contributed by atoms with Crippen molar-refractivity contribution in [3.05, 3.63) is 52.8 Å². The number of hydrogen-bond acceptors (Lipinski definition) is 3. The number of nitrogen functional groups attached to an aromatic ring is 1. The van der Waals surface area contributed by atoms with Gasteiger partial charge in [0.1, 0.15) is 11.6 Å². The molecule has 3 N–H and O–H groups in total. The largest absolute Gasteiger partial charge is 0.495 e. The molecule has 1 unspecified atom stereocenters. The van der Waals surface area contributed by atoms with Crippen molar-refractivity contribution >= 4 is 23.0 Å². The predicted octanol–water partition coefficient (Wildman–Crippen LogP) is 4.24. The Balaban J connectivity index is 2.25. The smallest absolute Gasteiger partial charge is 0.148 e. The highest BCUT2D eigenvalue weighted by Crippen LogP contribution is 2.30. The number of nitrogens with one attached hydrogen (secondary N) is 1. The van der Waals surface area contributed by atoms with Crippen LogP contribution in [0.25, 0.3) is 0 Å². The zero-order valence-corrected chi connectivity index (χ0v) is 12.0. The van der Waals surface area contributed by atoms with Crippen molar-refractivity contribution in [1.82, 2.24) is 0 Å². The highest BCUT2D eigenvalue weighted by molar-refractivity contribution is 6.30. The fourth-order valence-corrected chi connectivity index (χ4v) is 2.15. The van der Waals surface area contributed by atoms with Crippen molar-refractivity contribution < 1.29 is 9.13 Å². The maximum Gasteiger partial charge on any atom is 0.148 e. The number of halogens is 2. The maximum atomic E-state index is 13.9. The minimum atomic E-state index is -0.419. The Hall–Kier alpha value is -1.94. The van der Waals surface area contributed by atoms with Gasteiger partial charge in [0.15, 0.2) is 0 Å². The van der Waals surface area contributed by atoms with Gasteiger partial charge in [-0.05, 0) is 24.6 Å². The minimum absolute atomic E-state index is 0.100. The van der Waals surface area contributed by atoms with E-state index < -0.39 is 5.82 Å². The molecule has 1 atom stereocenters. The Kier molecular flexibility index (Phi) is 4.35. The summed E-state index contributed by atoms with van der Waals surface area (Å²) in [5.41, 5.74) is 7.22. The predicted molar refractivity (Wildman–Crippen MR) is 80.9 cm³/mol. The quantitative estimate of drug-likeness (QED) is 0.829. The third kappa shape index (κ3) is 3.14. The fraction of sp³-hybridized carbons (Fsp3) is 0.200. The molecule has 3 nitrogen and oxygen atoms in total. The second-order valence-electron chi connectivity index (χ2n) is 4.50. The second kappa shape index (κ2) is 6.01. The Morgan fingerprint density at radius 3 is 2.70 bits per heavy atom. The summed E-state index contributed by atoms with van der Waals surface area (Å²) in [7, 11) is 1.49. The van der Waals surface area contributed by atoms with E-state index in [4.69, 9.17) is 22.1 Å². The van der Waals surface area contributed by atoms with Crippen LogP contribution in [0, 0.1) is 5.82 Å². The molecule has 0 fully saturated rings. The first-order valence-electron chi connectivity index (χ1n) is 6.16. The van der Waals surface area contributed by atoms with Crippen molar-refractivity contribution in [3.63, 3.8) is 0 Å². The second-order valence-corrected chi connectivity index (χ2v) is 4.93. The Morgan fingerprint density at radius 1 is 1.30 bits per heavy atom. The highest BCUT2D eigenvalue weighted by Gasteiger charge is 2.12. The number of rotatable bonds is 4. The van der Waals surface area contributed by atoms with Crippen LogP contribution in [0.5, 0.6) is 5.75 Å². The molecule has 0 radical (unpaired) electrons. The molecule has 2 aromatic rings. The molecule has 0 heterocycles. The van der Waals surface area contributed by atoms with Gasteiger partial charge in [0.2, 0.25) is 0 Å². The van der Waals surface area contributed by atoms with Gasteiger partial charge in [-0.15, -0.1) is 0 Å². The van der Waals surface area contributed by atoms with E-state index in [0.29, 0.717) is 16.5 Å². The van der Waals surface area contributed by atoms with E-state index in [1.165, 1.54) is 13.2 Å². The van der Waals surface area contributed by atoms with Crippen LogP contribution < -0.4 is 15.8 Å². The van der Waals surface area contributed by atoms with Crippen LogP contribution in [0.15, 0.2) is 36.4 Å². The van der Waals surface area contributed by atoms with E-state index in [1.807, 2.05) is 25.1 Å². The summed E-state index contributed by atoms with van der Waals surface area (Å²) in [4.78, 5) is 0. The van der Waals surface area contributed by atoms with Crippen molar-refractivity contribution in [3.8, 4) is 5.75 Å². The molecule has 2 aromatic carbocycles. The Bertz CT molecular complexity index is 619. The molecule has 0 saturated carbocycles. The van der Waals surface area contributed by atoms with Gasteiger partial charge in [-0.25, -0.2) is 4.39 Å². The van der Waals surface area contributed by atoms with Crippen LogP contribution in [-0.4, -0.2) is 7.11 Å². The molecule has 20 heavy (non-hydrogen) atoms. The highest BCUT2D eigenvalue weighted by atomic mass is 35.5.